The van der Waals surface area contributed by atoms with Gasteiger partial charge in [0.05, 0.1) is 31.9 Å². The summed E-state index contributed by atoms with van der Waals surface area (Å²) in [5.74, 6) is -0.998. The number of alkyl carbamates (subject to hydrolysis) is 2. The molecule has 0 radical (unpaired) electrons. The molecule has 14 heteroatoms. The Bertz CT molecular complexity index is 1270. The van der Waals surface area contributed by atoms with Crippen LogP contribution in [0.4, 0.5) is 9.59 Å². The lowest BCUT2D eigenvalue weighted by molar-refractivity contribution is -0.138. The maximum Gasteiger partial charge on any atom is 0.407 e. The highest BCUT2D eigenvalue weighted by molar-refractivity contribution is 5.89. The number of carbonyl (C=O) groups excluding carboxylic acids is 5. The molecule has 0 aliphatic carbocycles. The SMILES string of the molecule is C=CC(=O)OCCNC(=O)OCCCOc1cccc(C(=O)OCC(COc2ccccc2)OC(=O)NCCOC(=O)C=C)c1. The molecule has 242 valence electrons. The fourth-order valence-electron chi connectivity index (χ4n) is 3.17. The molecule has 2 aromatic rings. The summed E-state index contributed by atoms with van der Waals surface area (Å²) in [4.78, 5) is 58.7. The van der Waals surface area contributed by atoms with Crippen molar-refractivity contribution in [3.05, 3.63) is 85.5 Å². The van der Waals surface area contributed by atoms with Gasteiger partial charge in [-0.2, -0.15) is 0 Å². The van der Waals surface area contributed by atoms with Crippen LogP contribution in [-0.2, 0) is 33.3 Å². The molecule has 0 aromatic heterocycles. The Labute approximate surface area is 260 Å². The average molecular weight is 629 g/mol. The van der Waals surface area contributed by atoms with Crippen LogP contribution < -0.4 is 20.1 Å². The first-order valence-corrected chi connectivity index (χ1v) is 13.8. The van der Waals surface area contributed by atoms with Gasteiger partial charge in [-0.3, -0.25) is 0 Å². The highest BCUT2D eigenvalue weighted by Crippen LogP contribution is 2.15. The molecule has 0 saturated heterocycles. The molecule has 0 spiro atoms. The zero-order valence-electron chi connectivity index (χ0n) is 24.6. The Hall–Kier alpha value is -5.53. The van der Waals surface area contributed by atoms with E-state index >= 15 is 0 Å². The van der Waals surface area contributed by atoms with Crippen molar-refractivity contribution in [1.29, 1.82) is 0 Å². The number of para-hydroxylation sites is 1. The first kappa shape index (κ1) is 35.7. The Morgan fingerprint density at radius 3 is 1.98 bits per heavy atom. The fourth-order valence-corrected chi connectivity index (χ4v) is 3.17. The minimum atomic E-state index is -0.969. The standard InChI is InChI=1S/C31H36N2O12/c1-3-27(34)40-18-14-32-30(37)42-17-9-16-39-25-13-8-10-23(20-25)29(36)44-22-26(21-43-24-11-6-5-7-12-24)45-31(38)33-15-19-41-28(35)4-2/h3-8,10-13,20,26H,1-2,9,14-19,21-22H2,(H,32,37)(H,33,38). The van der Waals surface area contributed by atoms with Gasteiger partial charge in [0.25, 0.3) is 0 Å². The maximum atomic E-state index is 12.8. The van der Waals surface area contributed by atoms with E-state index in [9.17, 15) is 24.0 Å². The van der Waals surface area contributed by atoms with Crippen LogP contribution in [-0.4, -0.2) is 88.9 Å². The minimum Gasteiger partial charge on any atom is -0.493 e. The molecule has 0 saturated carbocycles. The molecule has 45 heavy (non-hydrogen) atoms. The van der Waals surface area contributed by atoms with Gasteiger partial charge in [0.1, 0.15) is 37.9 Å². The number of benzene rings is 2. The van der Waals surface area contributed by atoms with Gasteiger partial charge >= 0.3 is 30.1 Å². The summed E-state index contributed by atoms with van der Waals surface area (Å²) in [5, 5.41) is 4.86. The van der Waals surface area contributed by atoms with E-state index in [1.807, 2.05) is 6.07 Å². The Kier molecular flexibility index (Phi) is 16.8. The van der Waals surface area contributed by atoms with E-state index in [0.717, 1.165) is 12.2 Å². The number of ether oxygens (including phenoxy) is 7. The molecule has 0 aliphatic heterocycles. The summed E-state index contributed by atoms with van der Waals surface area (Å²) in [6, 6.07) is 15.1. The average Bonchev–Trinajstić information content (AvgIpc) is 3.06. The van der Waals surface area contributed by atoms with Gasteiger partial charge in [-0.1, -0.05) is 37.4 Å². The van der Waals surface area contributed by atoms with E-state index in [1.54, 1.807) is 36.4 Å². The van der Waals surface area contributed by atoms with Crippen LogP contribution in [0.15, 0.2) is 79.9 Å². The predicted octanol–water partition coefficient (Wildman–Crippen LogP) is 2.97. The normalized spacial score (nSPS) is 10.7. The highest BCUT2D eigenvalue weighted by atomic mass is 16.6. The lowest BCUT2D eigenvalue weighted by Crippen LogP contribution is -2.36. The van der Waals surface area contributed by atoms with E-state index in [4.69, 9.17) is 33.2 Å². The summed E-state index contributed by atoms with van der Waals surface area (Å²) in [6.45, 7) is 6.37. The van der Waals surface area contributed by atoms with Crippen LogP contribution in [0.1, 0.15) is 16.8 Å². The third-order valence-electron chi connectivity index (χ3n) is 5.28. The van der Waals surface area contributed by atoms with Gasteiger partial charge in [-0.25, -0.2) is 24.0 Å². The third kappa shape index (κ3) is 16.0. The van der Waals surface area contributed by atoms with E-state index in [1.165, 1.54) is 12.1 Å². The van der Waals surface area contributed by atoms with Crippen LogP contribution in [0, 0.1) is 0 Å². The third-order valence-corrected chi connectivity index (χ3v) is 5.28. The highest BCUT2D eigenvalue weighted by Gasteiger charge is 2.19. The Balaban J connectivity index is 1.78. The van der Waals surface area contributed by atoms with Crippen LogP contribution >= 0.6 is 0 Å². The van der Waals surface area contributed by atoms with Gasteiger partial charge in [0.2, 0.25) is 0 Å². The van der Waals surface area contributed by atoms with E-state index < -0.39 is 36.2 Å². The van der Waals surface area contributed by atoms with Crippen LogP contribution in [0.5, 0.6) is 11.5 Å². The molecule has 2 aromatic carbocycles. The monoisotopic (exact) mass is 628 g/mol. The van der Waals surface area contributed by atoms with E-state index in [2.05, 4.69) is 23.8 Å². The second-order valence-corrected chi connectivity index (χ2v) is 8.71. The van der Waals surface area contributed by atoms with Crippen molar-refractivity contribution in [2.45, 2.75) is 12.5 Å². The van der Waals surface area contributed by atoms with Crippen molar-refractivity contribution in [1.82, 2.24) is 10.6 Å². The zero-order chi connectivity index (χ0) is 32.7. The summed E-state index contributed by atoms with van der Waals surface area (Å²) < 4.78 is 36.6. The number of rotatable bonds is 20. The van der Waals surface area contributed by atoms with Crippen molar-refractivity contribution in [3.8, 4) is 11.5 Å². The molecule has 2 amide bonds. The van der Waals surface area contributed by atoms with Crippen LogP contribution in [0.25, 0.3) is 0 Å². The molecule has 1 atom stereocenters. The lowest BCUT2D eigenvalue weighted by Gasteiger charge is -2.19. The number of esters is 3. The quantitative estimate of drug-likeness (QED) is 0.0951. The zero-order valence-corrected chi connectivity index (χ0v) is 24.6. The molecule has 2 N–H and O–H groups in total. The molecule has 14 nitrogen and oxygen atoms in total. The molecular formula is C31H36N2O12. The fraction of sp³-hybridized carbons (Fsp3) is 0.323. The Morgan fingerprint density at radius 2 is 1.31 bits per heavy atom. The largest absolute Gasteiger partial charge is 0.493 e. The number of carbonyl (C=O) groups is 5. The van der Waals surface area contributed by atoms with E-state index in [-0.39, 0.29) is 58.3 Å². The summed E-state index contributed by atoms with van der Waals surface area (Å²) >= 11 is 0. The van der Waals surface area contributed by atoms with Crippen molar-refractivity contribution in [2.24, 2.45) is 0 Å². The topological polar surface area (TPSA) is 174 Å². The summed E-state index contributed by atoms with van der Waals surface area (Å²) in [7, 11) is 0. The molecule has 0 fully saturated rings. The number of amides is 2. The lowest BCUT2D eigenvalue weighted by atomic mass is 10.2. The van der Waals surface area contributed by atoms with Crippen molar-refractivity contribution >= 4 is 30.1 Å². The van der Waals surface area contributed by atoms with E-state index in [0.29, 0.717) is 17.9 Å². The second kappa shape index (κ2) is 21.2. The maximum absolute atomic E-state index is 12.8. The van der Waals surface area contributed by atoms with Crippen LogP contribution in [0.3, 0.4) is 0 Å². The number of hydrogen-bond acceptors (Lipinski definition) is 12. The summed E-state index contributed by atoms with van der Waals surface area (Å²) in [6.07, 6.45) is -0.0738. The summed E-state index contributed by atoms with van der Waals surface area (Å²) in [5.41, 5.74) is 0.191. The van der Waals surface area contributed by atoms with Gasteiger partial charge in [0.15, 0.2) is 6.10 Å². The minimum absolute atomic E-state index is 0.00833. The molecular weight excluding hydrogens is 592 g/mol. The molecule has 0 heterocycles. The smallest absolute Gasteiger partial charge is 0.407 e. The van der Waals surface area contributed by atoms with Crippen LogP contribution in [0.2, 0.25) is 0 Å². The molecule has 1 unspecified atom stereocenters. The molecule has 0 aliphatic rings. The number of hydrogen-bond donors (Lipinski definition) is 2. The number of nitrogens with one attached hydrogen (secondary N) is 2. The first-order chi connectivity index (χ1) is 21.8. The van der Waals surface area contributed by atoms with Gasteiger partial charge < -0.3 is 43.8 Å². The van der Waals surface area contributed by atoms with Gasteiger partial charge in [0, 0.05) is 18.6 Å². The van der Waals surface area contributed by atoms with Gasteiger partial charge in [-0.05, 0) is 30.3 Å². The van der Waals surface area contributed by atoms with Crippen molar-refractivity contribution < 1.29 is 57.1 Å². The predicted molar refractivity (Wildman–Crippen MR) is 159 cm³/mol. The molecule has 2 rings (SSSR count). The van der Waals surface area contributed by atoms with Gasteiger partial charge in [-0.15, -0.1) is 0 Å². The molecule has 0 bridgehead atoms. The first-order valence-electron chi connectivity index (χ1n) is 13.8. The van der Waals surface area contributed by atoms with Crippen molar-refractivity contribution in [2.75, 3.05) is 52.7 Å². The Morgan fingerprint density at radius 1 is 0.667 bits per heavy atom. The second-order valence-electron chi connectivity index (χ2n) is 8.71. The van der Waals surface area contributed by atoms with Crippen molar-refractivity contribution in [3.63, 3.8) is 0 Å².